The maximum Gasteiger partial charge on any atom is 0.234 e. The minimum Gasteiger partial charge on any atom is -0.379 e. The van der Waals surface area contributed by atoms with Crippen LogP contribution >= 0.6 is 0 Å². The molecule has 1 atom stereocenters. The van der Waals surface area contributed by atoms with Gasteiger partial charge in [0.1, 0.15) is 0 Å². The molecule has 1 amide bonds. The molecular formula is C9H16N2O2. The fourth-order valence-corrected chi connectivity index (χ4v) is 2.12. The first-order chi connectivity index (χ1) is 6.23. The molecule has 74 valence electrons. The number of carbonyl (C=O) groups is 1. The molecule has 0 aromatic carbocycles. The highest BCUT2D eigenvalue weighted by molar-refractivity contribution is 5.79. The van der Waals surface area contributed by atoms with Crippen molar-refractivity contribution in [1.82, 2.24) is 10.2 Å². The molecule has 4 heteroatoms. The molecule has 1 N–H and O–H groups in total. The lowest BCUT2D eigenvalue weighted by molar-refractivity contribution is -0.132. The van der Waals surface area contributed by atoms with Gasteiger partial charge in [0.2, 0.25) is 5.91 Å². The molecule has 2 fully saturated rings. The Bertz CT molecular complexity index is 212. The van der Waals surface area contributed by atoms with Gasteiger partial charge in [-0.1, -0.05) is 0 Å². The van der Waals surface area contributed by atoms with Crippen molar-refractivity contribution in [1.29, 1.82) is 0 Å². The van der Waals surface area contributed by atoms with Gasteiger partial charge >= 0.3 is 0 Å². The molecule has 0 saturated carbocycles. The van der Waals surface area contributed by atoms with Crippen molar-refractivity contribution in [2.45, 2.75) is 18.4 Å². The number of nitrogens with zero attached hydrogens (tertiary/aromatic N) is 1. The van der Waals surface area contributed by atoms with Gasteiger partial charge in [0.05, 0.1) is 18.7 Å². The van der Waals surface area contributed by atoms with E-state index in [-0.39, 0.29) is 11.4 Å². The van der Waals surface area contributed by atoms with Crippen LogP contribution in [0.5, 0.6) is 0 Å². The third kappa shape index (κ3) is 1.56. The van der Waals surface area contributed by atoms with Gasteiger partial charge in [0, 0.05) is 13.2 Å². The largest absolute Gasteiger partial charge is 0.379 e. The Labute approximate surface area is 78.2 Å². The minimum atomic E-state index is 0.0756. The Balaban J connectivity index is 2.07. The summed E-state index contributed by atoms with van der Waals surface area (Å²) in [6.45, 7) is 2.86. The molecule has 0 aromatic rings. The van der Waals surface area contributed by atoms with E-state index in [4.69, 9.17) is 4.74 Å². The molecule has 0 aromatic heterocycles. The molecule has 2 heterocycles. The highest BCUT2D eigenvalue weighted by Gasteiger charge is 2.40. The molecule has 2 aliphatic rings. The Morgan fingerprint density at radius 1 is 1.62 bits per heavy atom. The molecule has 0 radical (unpaired) electrons. The van der Waals surface area contributed by atoms with E-state index in [0.717, 1.165) is 32.6 Å². The smallest absolute Gasteiger partial charge is 0.234 e. The molecule has 0 bridgehead atoms. The number of hydrogen-bond donors (Lipinski definition) is 1. The third-order valence-electron chi connectivity index (χ3n) is 3.11. The van der Waals surface area contributed by atoms with Gasteiger partial charge in [-0.3, -0.25) is 9.69 Å². The average Bonchev–Trinajstić information content (AvgIpc) is 2.14. The zero-order chi connectivity index (χ0) is 9.31. The summed E-state index contributed by atoms with van der Waals surface area (Å²) in [4.78, 5) is 13.2. The Morgan fingerprint density at radius 2 is 2.46 bits per heavy atom. The summed E-state index contributed by atoms with van der Waals surface area (Å²) in [6.07, 6.45) is 2.23. The van der Waals surface area contributed by atoms with Crippen molar-refractivity contribution in [3.8, 4) is 0 Å². The van der Waals surface area contributed by atoms with Crippen molar-refractivity contribution < 1.29 is 9.53 Å². The van der Waals surface area contributed by atoms with Crippen molar-refractivity contribution in [2.24, 2.45) is 0 Å². The predicted molar refractivity (Wildman–Crippen MR) is 48.4 cm³/mol. The molecule has 2 aliphatic heterocycles. The topological polar surface area (TPSA) is 41.6 Å². The number of carbonyl (C=O) groups excluding carboxylic acids is 1. The molecule has 1 unspecified atom stereocenters. The number of likely N-dealkylation sites (N-methyl/N-ethyl adjacent to an activating group) is 1. The lowest BCUT2D eigenvalue weighted by Crippen LogP contribution is -2.65. The van der Waals surface area contributed by atoms with E-state index in [0.29, 0.717) is 6.54 Å². The average molecular weight is 184 g/mol. The first-order valence-corrected chi connectivity index (χ1v) is 4.79. The third-order valence-corrected chi connectivity index (χ3v) is 3.11. The van der Waals surface area contributed by atoms with E-state index < -0.39 is 0 Å². The fraction of sp³-hybridized carbons (Fsp3) is 0.889. The maximum atomic E-state index is 11.1. The van der Waals surface area contributed by atoms with Crippen molar-refractivity contribution >= 4 is 5.91 Å². The Kier molecular flexibility index (Phi) is 2.26. The van der Waals surface area contributed by atoms with Gasteiger partial charge in [-0.15, -0.1) is 0 Å². The van der Waals surface area contributed by atoms with Crippen LogP contribution in [0, 0.1) is 0 Å². The highest BCUT2D eigenvalue weighted by Crippen LogP contribution is 2.26. The van der Waals surface area contributed by atoms with Crippen LogP contribution in [-0.2, 0) is 9.53 Å². The van der Waals surface area contributed by atoms with Gasteiger partial charge in [-0.25, -0.2) is 0 Å². The van der Waals surface area contributed by atoms with Crippen LogP contribution in [0.4, 0.5) is 0 Å². The lowest BCUT2D eigenvalue weighted by atomic mass is 9.89. The van der Waals surface area contributed by atoms with E-state index in [2.05, 4.69) is 10.2 Å². The van der Waals surface area contributed by atoms with Gasteiger partial charge in [-0.05, 0) is 19.9 Å². The predicted octanol–water partition coefficient (Wildman–Crippen LogP) is -0.403. The van der Waals surface area contributed by atoms with Crippen LogP contribution < -0.4 is 5.32 Å². The standard InChI is InChI=1S/C9H16N2O2/c1-11-5-8(12)10-6-9(11)3-2-4-13-7-9/h2-7H2,1H3,(H,10,12). The number of nitrogens with one attached hydrogen (secondary N) is 1. The highest BCUT2D eigenvalue weighted by atomic mass is 16.5. The zero-order valence-corrected chi connectivity index (χ0v) is 8.01. The van der Waals surface area contributed by atoms with Gasteiger partial charge in [-0.2, -0.15) is 0 Å². The number of hydrogen-bond acceptors (Lipinski definition) is 3. The second kappa shape index (κ2) is 3.27. The Morgan fingerprint density at radius 3 is 3.08 bits per heavy atom. The molecule has 1 spiro atoms. The summed E-state index contributed by atoms with van der Waals surface area (Å²) in [5.74, 6) is 0.124. The van der Waals surface area contributed by atoms with Crippen molar-refractivity contribution in [2.75, 3.05) is 33.4 Å². The normalized spacial score (nSPS) is 36.2. The van der Waals surface area contributed by atoms with Gasteiger partial charge < -0.3 is 10.1 Å². The minimum absolute atomic E-state index is 0.0756. The zero-order valence-electron chi connectivity index (χ0n) is 8.01. The number of piperazine rings is 1. The van der Waals surface area contributed by atoms with E-state index in [9.17, 15) is 4.79 Å². The fourth-order valence-electron chi connectivity index (χ4n) is 2.12. The van der Waals surface area contributed by atoms with Crippen LogP contribution in [0.2, 0.25) is 0 Å². The first-order valence-electron chi connectivity index (χ1n) is 4.79. The van der Waals surface area contributed by atoms with Crippen LogP contribution in [0.25, 0.3) is 0 Å². The quantitative estimate of drug-likeness (QED) is 0.557. The van der Waals surface area contributed by atoms with Crippen molar-refractivity contribution in [3.05, 3.63) is 0 Å². The molecule has 2 saturated heterocycles. The summed E-state index contributed by atoms with van der Waals surface area (Å²) in [7, 11) is 2.01. The summed E-state index contributed by atoms with van der Waals surface area (Å²) in [5, 5.41) is 2.91. The lowest BCUT2D eigenvalue weighted by Gasteiger charge is -2.46. The Hall–Kier alpha value is -0.610. The van der Waals surface area contributed by atoms with Gasteiger partial charge in [0.25, 0.3) is 0 Å². The van der Waals surface area contributed by atoms with E-state index >= 15 is 0 Å². The van der Waals surface area contributed by atoms with Crippen LogP contribution in [0.3, 0.4) is 0 Å². The number of ether oxygens (including phenoxy) is 1. The second-order valence-electron chi connectivity index (χ2n) is 4.01. The molecule has 2 rings (SSSR count). The second-order valence-corrected chi connectivity index (χ2v) is 4.01. The molecule has 0 aliphatic carbocycles. The summed E-state index contributed by atoms with van der Waals surface area (Å²) in [5.41, 5.74) is 0.0756. The summed E-state index contributed by atoms with van der Waals surface area (Å²) >= 11 is 0. The van der Waals surface area contributed by atoms with E-state index in [1.807, 2.05) is 7.05 Å². The molecule has 4 nitrogen and oxygen atoms in total. The van der Waals surface area contributed by atoms with Crippen LogP contribution in [0.1, 0.15) is 12.8 Å². The maximum absolute atomic E-state index is 11.1. The van der Waals surface area contributed by atoms with E-state index in [1.165, 1.54) is 0 Å². The number of amides is 1. The van der Waals surface area contributed by atoms with Crippen molar-refractivity contribution in [3.63, 3.8) is 0 Å². The summed E-state index contributed by atoms with van der Waals surface area (Å²) in [6, 6.07) is 0. The SMILES string of the molecule is CN1CC(=O)NCC12CCCOC2. The molecular weight excluding hydrogens is 168 g/mol. The molecule has 13 heavy (non-hydrogen) atoms. The van der Waals surface area contributed by atoms with E-state index in [1.54, 1.807) is 0 Å². The van der Waals surface area contributed by atoms with Crippen LogP contribution in [0.15, 0.2) is 0 Å². The summed E-state index contributed by atoms with van der Waals surface area (Å²) < 4.78 is 5.48. The number of rotatable bonds is 0. The van der Waals surface area contributed by atoms with Gasteiger partial charge in [0.15, 0.2) is 0 Å². The first kappa shape index (κ1) is 8.97. The monoisotopic (exact) mass is 184 g/mol. The van der Waals surface area contributed by atoms with Crippen LogP contribution in [-0.4, -0.2) is 49.7 Å².